The van der Waals surface area contributed by atoms with Gasteiger partial charge in [-0.05, 0) is 28.9 Å². The Labute approximate surface area is 71.3 Å². The average molecular weight is 204 g/mol. The number of rotatable bonds is 5. The van der Waals surface area contributed by atoms with Crippen molar-refractivity contribution in [2.24, 2.45) is 0 Å². The molecule has 0 fully saturated rings. The highest BCUT2D eigenvalue weighted by Gasteiger charge is 2.10. The van der Waals surface area contributed by atoms with Gasteiger partial charge in [0.05, 0.1) is 0 Å². The Hall–Kier alpha value is 0.770. The van der Waals surface area contributed by atoms with E-state index in [1.807, 2.05) is 0 Å². The smallest absolute Gasteiger partial charge is 0.271 e. The summed E-state index contributed by atoms with van der Waals surface area (Å²) in [6.07, 6.45) is 3.22. The number of unbranched alkanes of at least 4 members (excludes halogenated alkanes) is 2. The molecular formula is C5H12Cl2NOP. The second-order valence-electron chi connectivity index (χ2n) is 2.08. The maximum absolute atomic E-state index is 10.6. The van der Waals surface area contributed by atoms with E-state index in [9.17, 15) is 4.57 Å². The van der Waals surface area contributed by atoms with Crippen molar-refractivity contribution in [2.75, 3.05) is 6.54 Å². The molecule has 0 aromatic carbocycles. The molecule has 0 aliphatic rings. The lowest BCUT2D eigenvalue weighted by Crippen LogP contribution is -2.05. The summed E-state index contributed by atoms with van der Waals surface area (Å²) in [5, 5.41) is 2.54. The van der Waals surface area contributed by atoms with Crippen LogP contribution in [0.5, 0.6) is 0 Å². The Bertz CT molecular complexity index is 125. The fourth-order valence-corrected chi connectivity index (χ4v) is 1.51. The Morgan fingerprint density at radius 2 is 2.00 bits per heavy atom. The largest absolute Gasteiger partial charge is 0.319 e. The Morgan fingerprint density at radius 1 is 1.40 bits per heavy atom. The Kier molecular flexibility index (Phi) is 5.84. The minimum Gasteiger partial charge on any atom is -0.271 e. The first-order chi connectivity index (χ1) is 4.56. The second kappa shape index (κ2) is 5.42. The molecule has 5 heteroatoms. The molecule has 0 aromatic heterocycles. The van der Waals surface area contributed by atoms with Gasteiger partial charge in [0.1, 0.15) is 0 Å². The van der Waals surface area contributed by atoms with Crippen molar-refractivity contribution >= 4 is 28.5 Å². The van der Waals surface area contributed by atoms with Crippen molar-refractivity contribution in [3.8, 4) is 0 Å². The predicted octanol–water partition coefficient (Wildman–Crippen LogP) is 3.35. The molecule has 62 valence electrons. The third kappa shape index (κ3) is 8.77. The molecule has 0 saturated heterocycles. The quantitative estimate of drug-likeness (QED) is 0.549. The second-order valence-corrected chi connectivity index (χ2v) is 6.69. The van der Waals surface area contributed by atoms with E-state index in [1.165, 1.54) is 0 Å². The van der Waals surface area contributed by atoms with Gasteiger partial charge in [-0.1, -0.05) is 19.8 Å². The zero-order valence-electron chi connectivity index (χ0n) is 5.94. The molecule has 10 heavy (non-hydrogen) atoms. The standard InChI is InChI=1S/C5H12Cl2NOP/c1-2-3-4-5-8-10(6,7)9/h2-5H2,1H3,(H,8,9). The highest BCUT2D eigenvalue weighted by molar-refractivity contribution is 8.07. The summed E-state index contributed by atoms with van der Waals surface area (Å²) in [7, 11) is 0. The summed E-state index contributed by atoms with van der Waals surface area (Å²) in [5.41, 5.74) is 0. The molecule has 0 rings (SSSR count). The van der Waals surface area contributed by atoms with Gasteiger partial charge < -0.3 is 0 Å². The molecule has 0 amide bonds. The molecule has 0 unspecified atom stereocenters. The van der Waals surface area contributed by atoms with Crippen LogP contribution in [0.25, 0.3) is 0 Å². The number of hydrogen-bond donors (Lipinski definition) is 1. The maximum atomic E-state index is 10.6. The van der Waals surface area contributed by atoms with Gasteiger partial charge in [-0.3, -0.25) is 4.57 Å². The fraction of sp³-hybridized carbons (Fsp3) is 1.00. The first kappa shape index (κ1) is 10.8. The van der Waals surface area contributed by atoms with Crippen LogP contribution in [0, 0.1) is 0 Å². The van der Waals surface area contributed by atoms with Crippen molar-refractivity contribution in [2.45, 2.75) is 26.2 Å². The summed E-state index contributed by atoms with van der Waals surface area (Å²) >= 11 is 10.4. The van der Waals surface area contributed by atoms with E-state index in [4.69, 9.17) is 22.5 Å². The zero-order valence-corrected chi connectivity index (χ0v) is 8.35. The van der Waals surface area contributed by atoms with E-state index in [1.54, 1.807) is 0 Å². The van der Waals surface area contributed by atoms with Crippen LogP contribution in [0.4, 0.5) is 0 Å². The summed E-state index contributed by atoms with van der Waals surface area (Å²) in [6.45, 7) is 2.74. The molecule has 0 heterocycles. The lowest BCUT2D eigenvalue weighted by atomic mass is 10.3. The summed E-state index contributed by atoms with van der Waals surface area (Å²) in [4.78, 5) is 0. The zero-order chi connectivity index (χ0) is 8.04. The number of nitrogens with one attached hydrogen (secondary N) is 1. The number of hydrogen-bond acceptors (Lipinski definition) is 1. The monoisotopic (exact) mass is 203 g/mol. The van der Waals surface area contributed by atoms with Crippen LogP contribution >= 0.6 is 28.5 Å². The molecule has 0 radical (unpaired) electrons. The van der Waals surface area contributed by atoms with Gasteiger partial charge in [-0.15, -0.1) is 0 Å². The topological polar surface area (TPSA) is 29.1 Å². The van der Waals surface area contributed by atoms with Gasteiger partial charge in [0.25, 0.3) is 0 Å². The van der Waals surface area contributed by atoms with Crippen molar-refractivity contribution in [1.29, 1.82) is 0 Å². The highest BCUT2D eigenvalue weighted by Crippen LogP contribution is 2.51. The van der Waals surface area contributed by atoms with E-state index in [-0.39, 0.29) is 0 Å². The van der Waals surface area contributed by atoms with Crippen LogP contribution in [0.3, 0.4) is 0 Å². The van der Waals surface area contributed by atoms with Crippen molar-refractivity contribution in [1.82, 2.24) is 5.09 Å². The van der Waals surface area contributed by atoms with Crippen molar-refractivity contribution < 1.29 is 4.57 Å². The Morgan fingerprint density at radius 3 is 2.40 bits per heavy atom. The summed E-state index contributed by atoms with van der Waals surface area (Å²) < 4.78 is 10.6. The third-order valence-electron chi connectivity index (χ3n) is 1.08. The number of halogens is 2. The fourth-order valence-electron chi connectivity index (χ4n) is 0.584. The van der Waals surface area contributed by atoms with E-state index in [0.717, 1.165) is 19.3 Å². The third-order valence-corrected chi connectivity index (χ3v) is 2.39. The van der Waals surface area contributed by atoms with E-state index in [0.29, 0.717) is 6.54 Å². The van der Waals surface area contributed by atoms with Crippen LogP contribution in [-0.2, 0) is 4.57 Å². The van der Waals surface area contributed by atoms with Crippen LogP contribution in [0.15, 0.2) is 0 Å². The van der Waals surface area contributed by atoms with Gasteiger partial charge >= 0.3 is 6.00 Å². The lowest BCUT2D eigenvalue weighted by molar-refractivity contribution is 0.581. The minimum atomic E-state index is -3.01. The molecule has 0 atom stereocenters. The minimum absolute atomic E-state index is 0.637. The van der Waals surface area contributed by atoms with Gasteiger partial charge in [0.15, 0.2) is 0 Å². The average Bonchev–Trinajstić information content (AvgIpc) is 1.78. The van der Waals surface area contributed by atoms with E-state index < -0.39 is 6.00 Å². The molecule has 0 bridgehead atoms. The normalized spacial score (nSPS) is 11.9. The van der Waals surface area contributed by atoms with Crippen LogP contribution in [0.2, 0.25) is 0 Å². The van der Waals surface area contributed by atoms with Gasteiger partial charge in [-0.2, -0.15) is 0 Å². The summed E-state index contributed by atoms with van der Waals surface area (Å²) in [5.74, 6) is -3.01. The van der Waals surface area contributed by atoms with Crippen molar-refractivity contribution in [3.63, 3.8) is 0 Å². The molecule has 0 aliphatic carbocycles. The first-order valence-electron chi connectivity index (χ1n) is 3.30. The van der Waals surface area contributed by atoms with Gasteiger partial charge in [0, 0.05) is 6.54 Å². The van der Waals surface area contributed by atoms with Gasteiger partial charge in [0.2, 0.25) is 0 Å². The molecular weight excluding hydrogens is 192 g/mol. The van der Waals surface area contributed by atoms with Crippen LogP contribution < -0.4 is 5.09 Å². The molecule has 0 aliphatic heterocycles. The van der Waals surface area contributed by atoms with E-state index in [2.05, 4.69) is 12.0 Å². The first-order valence-corrected chi connectivity index (χ1v) is 6.82. The maximum Gasteiger partial charge on any atom is 0.319 e. The van der Waals surface area contributed by atoms with E-state index >= 15 is 0 Å². The predicted molar refractivity (Wildman–Crippen MR) is 46.8 cm³/mol. The summed E-state index contributed by atoms with van der Waals surface area (Å²) in [6, 6.07) is 0. The molecule has 0 spiro atoms. The highest BCUT2D eigenvalue weighted by atomic mass is 35.9. The van der Waals surface area contributed by atoms with Crippen molar-refractivity contribution in [3.05, 3.63) is 0 Å². The SMILES string of the molecule is CCCCCNP(=O)(Cl)Cl. The van der Waals surface area contributed by atoms with Crippen LogP contribution in [-0.4, -0.2) is 6.54 Å². The lowest BCUT2D eigenvalue weighted by Gasteiger charge is -2.02. The van der Waals surface area contributed by atoms with Gasteiger partial charge in [-0.25, -0.2) is 5.09 Å². The molecule has 0 aromatic rings. The molecule has 1 N–H and O–H groups in total. The Balaban J connectivity index is 3.13. The van der Waals surface area contributed by atoms with Crippen LogP contribution in [0.1, 0.15) is 26.2 Å². The molecule has 0 saturated carbocycles. The molecule has 2 nitrogen and oxygen atoms in total.